The van der Waals surface area contributed by atoms with Gasteiger partial charge in [-0.25, -0.2) is 0 Å². The summed E-state index contributed by atoms with van der Waals surface area (Å²) in [5.41, 5.74) is 0.548. The van der Waals surface area contributed by atoms with Crippen LogP contribution in [0.4, 0.5) is 0 Å². The highest BCUT2D eigenvalue weighted by atomic mass is 15.2. The van der Waals surface area contributed by atoms with Crippen LogP contribution < -0.4 is 5.32 Å². The van der Waals surface area contributed by atoms with Crippen LogP contribution in [-0.2, 0) is 0 Å². The molecule has 2 aliphatic rings. The highest BCUT2D eigenvalue weighted by Crippen LogP contribution is 2.30. The molecule has 0 aromatic carbocycles. The fourth-order valence-electron chi connectivity index (χ4n) is 3.46. The topological polar surface area (TPSA) is 15.3 Å². The van der Waals surface area contributed by atoms with Crippen molar-refractivity contribution in [2.75, 3.05) is 32.7 Å². The van der Waals surface area contributed by atoms with E-state index in [1.165, 1.54) is 52.0 Å². The highest BCUT2D eigenvalue weighted by Gasteiger charge is 2.33. The van der Waals surface area contributed by atoms with Crippen LogP contribution in [0, 0.1) is 17.3 Å². The lowest BCUT2D eigenvalue weighted by Gasteiger charge is -2.29. The summed E-state index contributed by atoms with van der Waals surface area (Å²) in [6.07, 6.45) is 4.21. The molecule has 2 nitrogen and oxygen atoms in total. The van der Waals surface area contributed by atoms with Gasteiger partial charge < -0.3 is 10.2 Å². The molecule has 16 heavy (non-hydrogen) atoms. The Morgan fingerprint density at radius 1 is 1.44 bits per heavy atom. The Morgan fingerprint density at radius 3 is 2.88 bits per heavy atom. The van der Waals surface area contributed by atoms with Crippen molar-refractivity contribution < 1.29 is 0 Å². The van der Waals surface area contributed by atoms with Crippen molar-refractivity contribution in [1.29, 1.82) is 0 Å². The van der Waals surface area contributed by atoms with E-state index in [2.05, 4.69) is 31.0 Å². The number of hydrogen-bond acceptors (Lipinski definition) is 2. The van der Waals surface area contributed by atoms with Crippen LogP contribution in [0.25, 0.3) is 0 Å². The van der Waals surface area contributed by atoms with Gasteiger partial charge >= 0.3 is 0 Å². The molecule has 2 rings (SSSR count). The molecular weight excluding hydrogens is 196 g/mol. The molecule has 0 aromatic rings. The minimum Gasteiger partial charge on any atom is -0.316 e. The van der Waals surface area contributed by atoms with E-state index in [0.717, 1.165) is 11.8 Å². The average Bonchev–Trinajstić information content (AvgIpc) is 2.75. The van der Waals surface area contributed by atoms with Crippen molar-refractivity contribution in [2.24, 2.45) is 17.3 Å². The van der Waals surface area contributed by atoms with Crippen molar-refractivity contribution in [3.63, 3.8) is 0 Å². The zero-order valence-corrected chi connectivity index (χ0v) is 11.3. The van der Waals surface area contributed by atoms with Gasteiger partial charge in [-0.05, 0) is 49.6 Å². The molecule has 0 amide bonds. The van der Waals surface area contributed by atoms with E-state index in [-0.39, 0.29) is 0 Å². The van der Waals surface area contributed by atoms with Crippen molar-refractivity contribution in [3.05, 3.63) is 0 Å². The molecule has 2 unspecified atom stereocenters. The Kier molecular flexibility index (Phi) is 3.91. The summed E-state index contributed by atoms with van der Waals surface area (Å²) >= 11 is 0. The summed E-state index contributed by atoms with van der Waals surface area (Å²) in [6, 6.07) is 0. The molecule has 0 aromatic heterocycles. The Labute approximate surface area is 101 Å². The van der Waals surface area contributed by atoms with Crippen molar-refractivity contribution >= 4 is 0 Å². The fourth-order valence-corrected chi connectivity index (χ4v) is 3.46. The number of nitrogens with zero attached hydrogens (tertiary/aromatic N) is 1. The van der Waals surface area contributed by atoms with Crippen LogP contribution in [-0.4, -0.2) is 37.6 Å². The zero-order valence-electron chi connectivity index (χ0n) is 11.3. The van der Waals surface area contributed by atoms with Gasteiger partial charge in [-0.3, -0.25) is 0 Å². The highest BCUT2D eigenvalue weighted by molar-refractivity contribution is 4.89. The Hall–Kier alpha value is -0.0800. The second-order valence-corrected chi connectivity index (χ2v) is 6.76. The lowest BCUT2D eigenvalue weighted by molar-refractivity contribution is 0.201. The predicted molar refractivity (Wildman–Crippen MR) is 69.6 cm³/mol. The van der Waals surface area contributed by atoms with Gasteiger partial charge in [-0.2, -0.15) is 0 Å². The smallest absolute Gasteiger partial charge is 0.00481 e. The summed E-state index contributed by atoms with van der Waals surface area (Å²) in [6.45, 7) is 13.6. The van der Waals surface area contributed by atoms with Gasteiger partial charge in [0.2, 0.25) is 0 Å². The van der Waals surface area contributed by atoms with Crippen molar-refractivity contribution in [2.45, 2.75) is 40.0 Å². The van der Waals surface area contributed by atoms with Gasteiger partial charge in [0.1, 0.15) is 0 Å². The minimum absolute atomic E-state index is 0.548. The van der Waals surface area contributed by atoms with E-state index >= 15 is 0 Å². The van der Waals surface area contributed by atoms with Crippen LogP contribution in [0.2, 0.25) is 0 Å². The van der Waals surface area contributed by atoms with E-state index in [0.29, 0.717) is 5.41 Å². The maximum atomic E-state index is 3.50. The Morgan fingerprint density at radius 2 is 2.25 bits per heavy atom. The quantitative estimate of drug-likeness (QED) is 0.788. The number of likely N-dealkylation sites (tertiary alicyclic amines) is 1. The van der Waals surface area contributed by atoms with Crippen LogP contribution in [0.15, 0.2) is 0 Å². The molecule has 0 saturated carbocycles. The molecule has 2 heterocycles. The predicted octanol–water partition coefficient (Wildman–Crippen LogP) is 2.35. The second-order valence-electron chi connectivity index (χ2n) is 6.76. The van der Waals surface area contributed by atoms with Crippen molar-refractivity contribution in [3.8, 4) is 0 Å². The molecule has 0 radical (unpaired) electrons. The van der Waals surface area contributed by atoms with Crippen LogP contribution >= 0.6 is 0 Å². The molecule has 0 aliphatic carbocycles. The number of rotatable bonds is 4. The van der Waals surface area contributed by atoms with Gasteiger partial charge in [0, 0.05) is 19.6 Å². The van der Waals surface area contributed by atoms with E-state index < -0.39 is 0 Å². The van der Waals surface area contributed by atoms with Gasteiger partial charge in [-0.1, -0.05) is 20.8 Å². The lowest BCUT2D eigenvalue weighted by atomic mass is 9.89. The van der Waals surface area contributed by atoms with Crippen molar-refractivity contribution in [1.82, 2.24) is 10.2 Å². The maximum Gasteiger partial charge on any atom is 0.00481 e. The summed E-state index contributed by atoms with van der Waals surface area (Å²) in [7, 11) is 0. The minimum atomic E-state index is 0.548. The second kappa shape index (κ2) is 5.05. The molecule has 0 bridgehead atoms. The summed E-state index contributed by atoms with van der Waals surface area (Å²) < 4.78 is 0. The van der Waals surface area contributed by atoms with Gasteiger partial charge in [0.05, 0.1) is 0 Å². The fraction of sp³-hybridized carbons (Fsp3) is 1.00. The number of nitrogens with one attached hydrogen (secondary N) is 1. The Balaban J connectivity index is 1.76. The molecule has 0 spiro atoms. The molecule has 2 atom stereocenters. The molecule has 94 valence electrons. The first-order chi connectivity index (χ1) is 7.57. The van der Waals surface area contributed by atoms with Gasteiger partial charge in [-0.15, -0.1) is 0 Å². The van der Waals surface area contributed by atoms with Gasteiger partial charge in [0.15, 0.2) is 0 Å². The van der Waals surface area contributed by atoms with Crippen LogP contribution in [0.1, 0.15) is 40.0 Å². The molecule has 2 fully saturated rings. The summed E-state index contributed by atoms with van der Waals surface area (Å²) in [5, 5.41) is 3.50. The summed E-state index contributed by atoms with van der Waals surface area (Å²) in [4.78, 5) is 2.71. The molecule has 2 heteroatoms. The van der Waals surface area contributed by atoms with E-state index in [4.69, 9.17) is 0 Å². The third-order valence-electron chi connectivity index (χ3n) is 4.24. The average molecular weight is 224 g/mol. The molecule has 2 saturated heterocycles. The SMILES string of the molecule is CC(C)CC1CCN(CC2(C)CCNC2)C1. The normalized spacial score (nSPS) is 36.4. The van der Waals surface area contributed by atoms with E-state index in [9.17, 15) is 0 Å². The first kappa shape index (κ1) is 12.4. The Bertz CT molecular complexity index is 219. The third kappa shape index (κ3) is 3.21. The first-order valence-electron chi connectivity index (χ1n) is 7.00. The van der Waals surface area contributed by atoms with Gasteiger partial charge in [0.25, 0.3) is 0 Å². The zero-order chi connectivity index (χ0) is 11.6. The first-order valence-corrected chi connectivity index (χ1v) is 7.00. The molecule has 2 aliphatic heterocycles. The lowest BCUT2D eigenvalue weighted by Crippen LogP contribution is -2.36. The van der Waals surface area contributed by atoms with E-state index in [1.807, 2.05) is 0 Å². The van der Waals surface area contributed by atoms with E-state index in [1.54, 1.807) is 0 Å². The molecule has 1 N–H and O–H groups in total. The standard InChI is InChI=1S/C14H28N2/c1-12(2)8-13-4-7-16(9-13)11-14(3)5-6-15-10-14/h12-13,15H,4-11H2,1-3H3. The third-order valence-corrected chi connectivity index (χ3v) is 4.24. The largest absolute Gasteiger partial charge is 0.316 e. The van der Waals surface area contributed by atoms with Crippen LogP contribution in [0.3, 0.4) is 0 Å². The van der Waals surface area contributed by atoms with Crippen LogP contribution in [0.5, 0.6) is 0 Å². The monoisotopic (exact) mass is 224 g/mol. The number of hydrogen-bond donors (Lipinski definition) is 1. The molecular formula is C14H28N2. The summed E-state index contributed by atoms with van der Waals surface area (Å²) in [5.74, 6) is 1.84. The maximum absolute atomic E-state index is 3.50.